The predicted molar refractivity (Wildman–Crippen MR) is 129 cm³/mol. The molecule has 0 unspecified atom stereocenters. The molecule has 12 heteroatoms. The van der Waals surface area contributed by atoms with Crippen molar-refractivity contribution in [3.8, 4) is 0 Å². The molecule has 0 radical (unpaired) electrons. The summed E-state index contributed by atoms with van der Waals surface area (Å²) in [7, 11) is 0. The molecule has 7 N–H and O–H groups in total. The van der Waals surface area contributed by atoms with E-state index in [9.17, 15) is 33.9 Å². The topological polar surface area (TPSA) is 197 Å². The molecule has 0 heterocycles. The summed E-state index contributed by atoms with van der Waals surface area (Å²) in [6.07, 6.45) is 0.157. The quantitative estimate of drug-likeness (QED) is 0.177. The third-order valence-electron chi connectivity index (χ3n) is 5.64. The van der Waals surface area contributed by atoms with Crippen molar-refractivity contribution in [2.75, 3.05) is 0 Å². The molecule has 0 bridgehead atoms. The number of rotatable bonds is 15. The van der Waals surface area contributed by atoms with Gasteiger partial charge in [-0.3, -0.25) is 24.0 Å². The predicted octanol–water partition coefficient (Wildman–Crippen LogP) is -0.346. The minimum Gasteiger partial charge on any atom is -0.480 e. The molecule has 0 aromatic rings. The summed E-state index contributed by atoms with van der Waals surface area (Å²) in [5.41, 5.74) is 5.22. The van der Waals surface area contributed by atoms with E-state index in [1.165, 1.54) is 6.92 Å². The fourth-order valence-electron chi connectivity index (χ4n) is 3.28. The standard InChI is InChI=1S/C23H41N5O7/c1-8-13(6)19(22(33)27-18(12(4)5)23(34)35)28-20(31)15(9-10-16(24)30)26-21(32)17(11(2)3)25-14(7)29/h11-13,15,17-19H,8-10H2,1-7H3,(H2,24,30)(H,25,29)(H,26,32)(H,27,33)(H,28,31)(H,34,35)/t13-,15+,17+,18+,19+/m1/s1. The first kappa shape index (κ1) is 31.8. The minimum atomic E-state index is -1.22. The Labute approximate surface area is 206 Å². The van der Waals surface area contributed by atoms with Crippen LogP contribution in [0.5, 0.6) is 0 Å². The van der Waals surface area contributed by atoms with Gasteiger partial charge >= 0.3 is 5.97 Å². The van der Waals surface area contributed by atoms with Gasteiger partial charge in [0.05, 0.1) is 0 Å². The zero-order chi connectivity index (χ0) is 27.5. The van der Waals surface area contributed by atoms with E-state index in [1.54, 1.807) is 41.5 Å². The first-order valence-electron chi connectivity index (χ1n) is 11.8. The van der Waals surface area contributed by atoms with Crippen molar-refractivity contribution in [2.45, 2.75) is 91.9 Å². The molecule has 5 atom stereocenters. The Morgan fingerprint density at radius 3 is 1.63 bits per heavy atom. The number of carboxylic acids is 1. The van der Waals surface area contributed by atoms with Crippen LogP contribution in [0, 0.1) is 17.8 Å². The van der Waals surface area contributed by atoms with Crippen LogP contribution in [0.2, 0.25) is 0 Å². The van der Waals surface area contributed by atoms with Gasteiger partial charge in [0.25, 0.3) is 0 Å². The largest absolute Gasteiger partial charge is 0.480 e. The summed E-state index contributed by atoms with van der Waals surface area (Å²) in [6.45, 7) is 11.5. The highest BCUT2D eigenvalue weighted by molar-refractivity contribution is 5.95. The summed E-state index contributed by atoms with van der Waals surface area (Å²) in [5.74, 6) is -5.40. The highest BCUT2D eigenvalue weighted by atomic mass is 16.4. The average molecular weight is 500 g/mol. The fraction of sp³-hybridized carbons (Fsp3) is 0.739. The van der Waals surface area contributed by atoms with E-state index >= 15 is 0 Å². The van der Waals surface area contributed by atoms with Gasteiger partial charge in [0, 0.05) is 13.3 Å². The SMILES string of the molecule is CC[C@@H](C)[C@H](NC(=O)[C@H](CCC(N)=O)NC(=O)[C@@H](NC(C)=O)C(C)C)C(=O)N[C@H](C(=O)O)C(C)C. The van der Waals surface area contributed by atoms with Crippen LogP contribution in [-0.4, -0.2) is 64.8 Å². The number of amides is 5. The molecule has 0 spiro atoms. The molecule has 0 aliphatic rings. The Morgan fingerprint density at radius 1 is 0.743 bits per heavy atom. The molecule has 200 valence electrons. The lowest BCUT2D eigenvalue weighted by Gasteiger charge is -2.29. The molecule has 0 aliphatic heterocycles. The monoisotopic (exact) mass is 499 g/mol. The Kier molecular flexibility index (Phi) is 13.6. The Morgan fingerprint density at radius 2 is 1.23 bits per heavy atom. The van der Waals surface area contributed by atoms with Gasteiger partial charge < -0.3 is 32.1 Å². The maximum atomic E-state index is 13.1. The molecule has 0 saturated heterocycles. The zero-order valence-electron chi connectivity index (χ0n) is 21.6. The van der Waals surface area contributed by atoms with Crippen molar-refractivity contribution < 1.29 is 33.9 Å². The third-order valence-corrected chi connectivity index (χ3v) is 5.64. The summed E-state index contributed by atoms with van der Waals surface area (Å²) >= 11 is 0. The molecule has 12 nitrogen and oxygen atoms in total. The molecule has 0 saturated carbocycles. The van der Waals surface area contributed by atoms with Crippen LogP contribution in [0.25, 0.3) is 0 Å². The number of carbonyl (C=O) groups excluding carboxylic acids is 5. The van der Waals surface area contributed by atoms with Gasteiger partial charge in [0.1, 0.15) is 24.2 Å². The van der Waals surface area contributed by atoms with E-state index in [0.29, 0.717) is 6.42 Å². The highest BCUT2D eigenvalue weighted by Crippen LogP contribution is 2.12. The molecule has 35 heavy (non-hydrogen) atoms. The van der Waals surface area contributed by atoms with Crippen molar-refractivity contribution in [1.82, 2.24) is 21.3 Å². The molecule has 0 rings (SSSR count). The minimum absolute atomic E-state index is 0.129. The van der Waals surface area contributed by atoms with Gasteiger partial charge in [0.15, 0.2) is 0 Å². The van der Waals surface area contributed by atoms with E-state index in [2.05, 4.69) is 21.3 Å². The van der Waals surface area contributed by atoms with E-state index in [4.69, 9.17) is 5.73 Å². The summed E-state index contributed by atoms with van der Waals surface area (Å²) in [5, 5.41) is 19.5. The number of hydrogen-bond acceptors (Lipinski definition) is 6. The molecular weight excluding hydrogens is 458 g/mol. The molecule has 0 aliphatic carbocycles. The van der Waals surface area contributed by atoms with E-state index in [-0.39, 0.29) is 24.7 Å². The number of carboxylic acid groups (broad SMARTS) is 1. The number of nitrogens with two attached hydrogens (primary N) is 1. The van der Waals surface area contributed by atoms with Crippen LogP contribution in [0.4, 0.5) is 0 Å². The smallest absolute Gasteiger partial charge is 0.326 e. The molecule has 0 aromatic carbocycles. The number of hydrogen-bond donors (Lipinski definition) is 6. The summed E-state index contributed by atoms with van der Waals surface area (Å²) in [6, 6.07) is -4.38. The van der Waals surface area contributed by atoms with Crippen molar-refractivity contribution in [3.63, 3.8) is 0 Å². The van der Waals surface area contributed by atoms with Gasteiger partial charge in [-0.1, -0.05) is 48.0 Å². The van der Waals surface area contributed by atoms with Crippen molar-refractivity contribution in [2.24, 2.45) is 23.5 Å². The number of nitrogens with one attached hydrogen (secondary N) is 4. The van der Waals surface area contributed by atoms with E-state index < -0.39 is 65.6 Å². The maximum Gasteiger partial charge on any atom is 0.326 e. The number of primary amides is 1. The normalized spacial score (nSPS) is 15.3. The van der Waals surface area contributed by atoms with Crippen LogP contribution in [0.15, 0.2) is 0 Å². The first-order chi connectivity index (χ1) is 16.1. The summed E-state index contributed by atoms with van der Waals surface area (Å²) < 4.78 is 0. The fourth-order valence-corrected chi connectivity index (χ4v) is 3.28. The molecular formula is C23H41N5O7. The van der Waals surface area contributed by atoms with Gasteiger partial charge in [-0.25, -0.2) is 4.79 Å². The number of carbonyl (C=O) groups is 6. The van der Waals surface area contributed by atoms with Crippen LogP contribution in [0.3, 0.4) is 0 Å². The van der Waals surface area contributed by atoms with Gasteiger partial charge in [-0.2, -0.15) is 0 Å². The van der Waals surface area contributed by atoms with Crippen LogP contribution >= 0.6 is 0 Å². The first-order valence-corrected chi connectivity index (χ1v) is 11.8. The van der Waals surface area contributed by atoms with Gasteiger partial charge in [0.2, 0.25) is 29.5 Å². The van der Waals surface area contributed by atoms with Crippen LogP contribution in [-0.2, 0) is 28.8 Å². The second-order valence-electron chi connectivity index (χ2n) is 9.43. The molecule has 0 aromatic heterocycles. The zero-order valence-corrected chi connectivity index (χ0v) is 21.6. The lowest BCUT2D eigenvalue weighted by Crippen LogP contribution is -2.60. The molecule has 5 amide bonds. The Bertz CT molecular complexity index is 784. The van der Waals surface area contributed by atoms with Gasteiger partial charge in [-0.15, -0.1) is 0 Å². The van der Waals surface area contributed by atoms with Crippen LogP contribution < -0.4 is 27.0 Å². The van der Waals surface area contributed by atoms with E-state index in [0.717, 1.165) is 0 Å². The van der Waals surface area contributed by atoms with Gasteiger partial charge in [-0.05, 0) is 24.2 Å². The third kappa shape index (κ3) is 11.2. The van der Waals surface area contributed by atoms with E-state index in [1.807, 2.05) is 0 Å². The second kappa shape index (κ2) is 14.9. The average Bonchev–Trinajstić information content (AvgIpc) is 2.74. The maximum absolute atomic E-state index is 13.1. The van der Waals surface area contributed by atoms with Crippen molar-refractivity contribution in [1.29, 1.82) is 0 Å². The Balaban J connectivity index is 5.81. The number of aliphatic carboxylic acids is 1. The Hall–Kier alpha value is -3.18. The lowest BCUT2D eigenvalue weighted by atomic mass is 9.96. The highest BCUT2D eigenvalue weighted by Gasteiger charge is 2.34. The summed E-state index contributed by atoms with van der Waals surface area (Å²) in [4.78, 5) is 73.2. The van der Waals surface area contributed by atoms with Crippen molar-refractivity contribution in [3.05, 3.63) is 0 Å². The lowest BCUT2D eigenvalue weighted by molar-refractivity contribution is -0.144. The van der Waals surface area contributed by atoms with Crippen LogP contribution in [0.1, 0.15) is 67.7 Å². The molecule has 0 fully saturated rings. The second-order valence-corrected chi connectivity index (χ2v) is 9.43. The van der Waals surface area contributed by atoms with Crippen molar-refractivity contribution >= 4 is 35.5 Å².